The van der Waals surface area contributed by atoms with E-state index in [0.717, 1.165) is 24.1 Å². The van der Waals surface area contributed by atoms with Gasteiger partial charge in [-0.3, -0.25) is 4.98 Å². The minimum absolute atomic E-state index is 0.309. The summed E-state index contributed by atoms with van der Waals surface area (Å²) < 4.78 is 0. The molecule has 1 aromatic carbocycles. The molecule has 3 heteroatoms. The molecule has 0 saturated carbocycles. The third-order valence-electron chi connectivity index (χ3n) is 3.52. The normalized spacial score (nSPS) is 17.4. The predicted octanol–water partition coefficient (Wildman–Crippen LogP) is 2.86. The minimum Gasteiger partial charge on any atom is -0.478 e. The lowest BCUT2D eigenvalue weighted by Crippen LogP contribution is -2.00. The number of fused-ring (bicyclic) bond motifs is 1. The summed E-state index contributed by atoms with van der Waals surface area (Å²) in [5.41, 5.74) is 3.93. The van der Waals surface area contributed by atoms with Crippen LogP contribution in [-0.4, -0.2) is 16.1 Å². The average molecular weight is 239 g/mol. The Hall–Kier alpha value is -2.16. The van der Waals surface area contributed by atoms with Crippen molar-refractivity contribution in [3.8, 4) is 0 Å². The molecule has 0 radical (unpaired) electrons. The van der Waals surface area contributed by atoms with E-state index < -0.39 is 5.97 Å². The summed E-state index contributed by atoms with van der Waals surface area (Å²) >= 11 is 0. The molecule has 1 aromatic heterocycles. The van der Waals surface area contributed by atoms with Gasteiger partial charge in [-0.1, -0.05) is 18.2 Å². The first-order valence-corrected chi connectivity index (χ1v) is 6.03. The van der Waals surface area contributed by atoms with Gasteiger partial charge >= 0.3 is 5.97 Å². The van der Waals surface area contributed by atoms with Crippen LogP contribution in [0.1, 0.15) is 39.5 Å². The molecule has 1 aliphatic carbocycles. The Morgan fingerprint density at radius 3 is 2.72 bits per heavy atom. The fraction of sp³-hybridized carbons (Fsp3) is 0.200. The van der Waals surface area contributed by atoms with Gasteiger partial charge in [0.2, 0.25) is 0 Å². The van der Waals surface area contributed by atoms with Crippen LogP contribution in [-0.2, 0) is 6.42 Å². The van der Waals surface area contributed by atoms with Crippen LogP contribution in [0.2, 0.25) is 0 Å². The van der Waals surface area contributed by atoms with Crippen molar-refractivity contribution in [2.75, 3.05) is 0 Å². The third-order valence-corrected chi connectivity index (χ3v) is 3.52. The van der Waals surface area contributed by atoms with Crippen molar-refractivity contribution >= 4 is 5.97 Å². The molecule has 0 fully saturated rings. The average Bonchev–Trinajstić information content (AvgIpc) is 2.82. The summed E-state index contributed by atoms with van der Waals surface area (Å²) in [5, 5.41) is 8.89. The third kappa shape index (κ3) is 1.78. The van der Waals surface area contributed by atoms with Crippen LogP contribution in [0.15, 0.2) is 42.6 Å². The molecular formula is C15H13NO2. The monoisotopic (exact) mass is 239 g/mol. The molecule has 0 bridgehead atoms. The summed E-state index contributed by atoms with van der Waals surface area (Å²) in [6, 6.07) is 11.2. The number of aromatic nitrogens is 1. The molecule has 1 N–H and O–H groups in total. The predicted molar refractivity (Wildman–Crippen MR) is 67.8 cm³/mol. The lowest BCUT2D eigenvalue weighted by Gasteiger charge is -2.11. The number of carbonyl (C=O) groups is 1. The number of carboxylic acids is 1. The van der Waals surface area contributed by atoms with Gasteiger partial charge in [-0.15, -0.1) is 0 Å². The Morgan fingerprint density at radius 1 is 1.22 bits per heavy atom. The quantitative estimate of drug-likeness (QED) is 0.876. The largest absolute Gasteiger partial charge is 0.478 e. The van der Waals surface area contributed by atoms with Gasteiger partial charge in [0.05, 0.1) is 11.3 Å². The molecule has 1 aliphatic rings. The highest BCUT2D eigenvalue weighted by Gasteiger charge is 2.24. The van der Waals surface area contributed by atoms with Gasteiger partial charge in [0.15, 0.2) is 0 Å². The molecule has 2 aromatic rings. The number of aromatic carboxylic acids is 1. The van der Waals surface area contributed by atoms with Gasteiger partial charge in [0, 0.05) is 12.1 Å². The van der Waals surface area contributed by atoms with E-state index in [1.165, 1.54) is 5.56 Å². The van der Waals surface area contributed by atoms with Crippen molar-refractivity contribution in [2.24, 2.45) is 0 Å². The SMILES string of the molecule is O=C(O)c1ccc(C2CCc3cccnc32)cc1. The summed E-state index contributed by atoms with van der Waals surface area (Å²) in [4.78, 5) is 15.3. The van der Waals surface area contributed by atoms with Gasteiger partial charge in [0.1, 0.15) is 0 Å². The Bertz CT molecular complexity index is 590. The Morgan fingerprint density at radius 2 is 2.00 bits per heavy atom. The molecule has 3 nitrogen and oxygen atoms in total. The Labute approximate surface area is 105 Å². The topological polar surface area (TPSA) is 50.2 Å². The number of carboxylic acid groups (broad SMARTS) is 1. The van der Waals surface area contributed by atoms with E-state index in [9.17, 15) is 4.79 Å². The molecule has 1 atom stereocenters. The van der Waals surface area contributed by atoms with Gasteiger partial charge in [-0.25, -0.2) is 4.79 Å². The van der Waals surface area contributed by atoms with Crippen LogP contribution in [0.25, 0.3) is 0 Å². The number of rotatable bonds is 2. The maximum absolute atomic E-state index is 10.8. The van der Waals surface area contributed by atoms with Crippen molar-refractivity contribution < 1.29 is 9.90 Å². The number of pyridine rings is 1. The van der Waals surface area contributed by atoms with E-state index in [0.29, 0.717) is 11.5 Å². The lowest BCUT2D eigenvalue weighted by atomic mass is 9.95. The van der Waals surface area contributed by atoms with Crippen molar-refractivity contribution in [3.63, 3.8) is 0 Å². The first-order valence-electron chi connectivity index (χ1n) is 6.03. The molecule has 1 unspecified atom stereocenters. The molecule has 0 amide bonds. The summed E-state index contributed by atoms with van der Waals surface area (Å²) in [5.74, 6) is -0.574. The van der Waals surface area contributed by atoms with Crippen LogP contribution in [0, 0.1) is 0 Å². The fourth-order valence-corrected chi connectivity index (χ4v) is 2.60. The second-order valence-corrected chi connectivity index (χ2v) is 4.57. The summed E-state index contributed by atoms with van der Waals surface area (Å²) in [6.45, 7) is 0. The number of hydrogen-bond donors (Lipinski definition) is 1. The summed E-state index contributed by atoms with van der Waals surface area (Å²) in [7, 11) is 0. The smallest absolute Gasteiger partial charge is 0.335 e. The minimum atomic E-state index is -0.883. The first-order chi connectivity index (χ1) is 8.75. The van der Waals surface area contributed by atoms with E-state index in [4.69, 9.17) is 5.11 Å². The maximum atomic E-state index is 10.8. The van der Waals surface area contributed by atoms with Crippen LogP contribution < -0.4 is 0 Å². The van der Waals surface area contributed by atoms with Gasteiger partial charge < -0.3 is 5.11 Å². The highest BCUT2D eigenvalue weighted by molar-refractivity contribution is 5.87. The van der Waals surface area contributed by atoms with Gasteiger partial charge in [-0.2, -0.15) is 0 Å². The number of nitrogens with zero attached hydrogens (tertiary/aromatic N) is 1. The number of hydrogen-bond acceptors (Lipinski definition) is 2. The molecule has 0 spiro atoms. The van der Waals surface area contributed by atoms with Crippen LogP contribution >= 0.6 is 0 Å². The molecule has 0 saturated heterocycles. The van der Waals surface area contributed by atoms with E-state index >= 15 is 0 Å². The van der Waals surface area contributed by atoms with E-state index in [1.54, 1.807) is 12.1 Å². The van der Waals surface area contributed by atoms with Crippen molar-refractivity contribution in [2.45, 2.75) is 18.8 Å². The van der Waals surface area contributed by atoms with E-state index in [1.807, 2.05) is 24.4 Å². The van der Waals surface area contributed by atoms with Crippen molar-refractivity contribution in [1.82, 2.24) is 4.98 Å². The zero-order valence-electron chi connectivity index (χ0n) is 9.84. The molecule has 3 rings (SSSR count). The van der Waals surface area contributed by atoms with Crippen molar-refractivity contribution in [3.05, 3.63) is 65.0 Å². The second-order valence-electron chi connectivity index (χ2n) is 4.57. The molecule has 90 valence electrons. The van der Waals surface area contributed by atoms with Gasteiger partial charge in [-0.05, 0) is 42.2 Å². The Balaban J connectivity index is 1.95. The highest BCUT2D eigenvalue weighted by atomic mass is 16.4. The fourth-order valence-electron chi connectivity index (χ4n) is 2.60. The van der Waals surface area contributed by atoms with E-state index in [-0.39, 0.29) is 0 Å². The Kier molecular flexibility index (Phi) is 2.59. The van der Waals surface area contributed by atoms with Crippen LogP contribution in [0.3, 0.4) is 0 Å². The first kappa shape index (κ1) is 11.0. The van der Waals surface area contributed by atoms with Crippen molar-refractivity contribution in [1.29, 1.82) is 0 Å². The van der Waals surface area contributed by atoms with Crippen LogP contribution in [0.5, 0.6) is 0 Å². The second kappa shape index (κ2) is 4.26. The number of benzene rings is 1. The van der Waals surface area contributed by atoms with E-state index in [2.05, 4.69) is 11.1 Å². The molecular weight excluding hydrogens is 226 g/mol. The van der Waals surface area contributed by atoms with Crippen LogP contribution in [0.4, 0.5) is 0 Å². The summed E-state index contributed by atoms with van der Waals surface area (Å²) in [6.07, 6.45) is 3.93. The molecule has 0 aliphatic heterocycles. The zero-order valence-corrected chi connectivity index (χ0v) is 9.84. The number of aryl methyl sites for hydroxylation is 1. The lowest BCUT2D eigenvalue weighted by molar-refractivity contribution is 0.0697. The standard InChI is InChI=1S/C15H13NO2/c17-15(18)12-5-3-10(4-6-12)13-8-7-11-2-1-9-16-14(11)13/h1-6,9,13H,7-8H2,(H,17,18). The molecule has 1 heterocycles. The highest BCUT2D eigenvalue weighted by Crippen LogP contribution is 2.36. The molecule has 18 heavy (non-hydrogen) atoms. The zero-order chi connectivity index (χ0) is 12.5. The van der Waals surface area contributed by atoms with Gasteiger partial charge in [0.25, 0.3) is 0 Å². The maximum Gasteiger partial charge on any atom is 0.335 e.